The molecule has 0 atom stereocenters. The van der Waals surface area contributed by atoms with Gasteiger partial charge in [0.2, 0.25) is 0 Å². The molecule has 0 saturated carbocycles. The van der Waals surface area contributed by atoms with Gasteiger partial charge in [-0.05, 0) is 36.8 Å². The zero-order valence-electron chi connectivity index (χ0n) is 16.2. The van der Waals surface area contributed by atoms with Crippen LogP contribution < -0.4 is 14.8 Å². The fourth-order valence-electron chi connectivity index (χ4n) is 2.80. The zero-order chi connectivity index (χ0) is 20.1. The van der Waals surface area contributed by atoms with Crippen LogP contribution in [0.4, 0.5) is 5.69 Å². The van der Waals surface area contributed by atoms with Gasteiger partial charge >= 0.3 is 0 Å². The molecule has 1 amide bonds. The van der Waals surface area contributed by atoms with Crippen LogP contribution in [-0.4, -0.2) is 42.2 Å². The van der Waals surface area contributed by atoms with Crippen LogP contribution in [0, 0.1) is 6.92 Å². The van der Waals surface area contributed by atoms with E-state index >= 15 is 0 Å². The third kappa shape index (κ3) is 3.96. The average molecular weight is 382 g/mol. The van der Waals surface area contributed by atoms with Crippen molar-refractivity contribution in [2.24, 2.45) is 0 Å². The highest BCUT2D eigenvalue weighted by Gasteiger charge is 2.22. The van der Waals surface area contributed by atoms with Gasteiger partial charge in [0.25, 0.3) is 5.91 Å². The van der Waals surface area contributed by atoms with Gasteiger partial charge in [0.1, 0.15) is 17.2 Å². The summed E-state index contributed by atoms with van der Waals surface area (Å²) in [6.07, 6.45) is 0. The maximum atomic E-state index is 12.9. The monoisotopic (exact) mass is 382 g/mol. The maximum absolute atomic E-state index is 12.9. The number of methoxy groups -OCH3 is 3. The molecule has 0 saturated heterocycles. The largest absolute Gasteiger partial charge is 0.497 e. The molecule has 2 aromatic carbocycles. The van der Waals surface area contributed by atoms with Crippen molar-refractivity contribution in [2.75, 3.05) is 26.6 Å². The van der Waals surface area contributed by atoms with Crippen molar-refractivity contribution in [3.8, 4) is 17.2 Å². The Bertz CT molecular complexity index is 984. The van der Waals surface area contributed by atoms with Crippen LogP contribution in [0.1, 0.15) is 21.7 Å². The Morgan fingerprint density at radius 3 is 2.61 bits per heavy atom. The van der Waals surface area contributed by atoms with E-state index < -0.39 is 5.91 Å². The number of anilines is 1. The summed E-state index contributed by atoms with van der Waals surface area (Å²) in [6.45, 7) is 2.16. The quantitative estimate of drug-likeness (QED) is 0.676. The average Bonchev–Trinajstić information content (AvgIpc) is 3.12. The maximum Gasteiger partial charge on any atom is 0.278 e. The normalized spacial score (nSPS) is 10.6. The number of hydrogen-bond donors (Lipinski definition) is 1. The third-order valence-electron chi connectivity index (χ3n) is 4.16. The number of nitrogens with zero attached hydrogens (tertiary/aromatic N) is 3. The van der Waals surface area contributed by atoms with E-state index in [1.165, 1.54) is 7.11 Å². The Morgan fingerprint density at radius 2 is 1.93 bits per heavy atom. The number of amides is 1. The summed E-state index contributed by atoms with van der Waals surface area (Å²) < 4.78 is 17.4. The van der Waals surface area contributed by atoms with Gasteiger partial charge in [-0.25, -0.2) is 4.68 Å². The fraction of sp³-hybridized carbons (Fsp3) is 0.250. The lowest BCUT2D eigenvalue weighted by Crippen LogP contribution is -2.16. The van der Waals surface area contributed by atoms with E-state index in [4.69, 9.17) is 14.2 Å². The first-order valence-corrected chi connectivity index (χ1v) is 8.61. The van der Waals surface area contributed by atoms with E-state index in [9.17, 15) is 4.79 Å². The van der Waals surface area contributed by atoms with Crippen molar-refractivity contribution in [3.05, 3.63) is 59.4 Å². The predicted octanol–water partition coefficient (Wildman–Crippen LogP) is 2.99. The van der Waals surface area contributed by atoms with Crippen LogP contribution in [0.25, 0.3) is 5.69 Å². The lowest BCUT2D eigenvalue weighted by molar-refractivity contribution is 0.101. The van der Waals surface area contributed by atoms with Gasteiger partial charge in [0, 0.05) is 13.2 Å². The molecule has 8 heteroatoms. The first kappa shape index (κ1) is 19.4. The molecule has 0 radical (unpaired) electrons. The SMILES string of the molecule is COCc1c(C(=O)Nc2cc(OC)ccc2OC)nnn1-c1cccc(C)c1. The molecule has 3 aromatic rings. The Balaban J connectivity index is 1.96. The van der Waals surface area contributed by atoms with E-state index in [1.54, 1.807) is 37.1 Å². The molecule has 1 N–H and O–H groups in total. The van der Waals surface area contributed by atoms with Crippen molar-refractivity contribution in [1.29, 1.82) is 0 Å². The second-order valence-electron chi connectivity index (χ2n) is 6.09. The number of benzene rings is 2. The lowest BCUT2D eigenvalue weighted by atomic mass is 10.2. The van der Waals surface area contributed by atoms with E-state index in [-0.39, 0.29) is 12.3 Å². The summed E-state index contributed by atoms with van der Waals surface area (Å²) in [5.74, 6) is 0.683. The molecule has 0 unspecified atom stereocenters. The smallest absolute Gasteiger partial charge is 0.278 e. The van der Waals surface area contributed by atoms with Gasteiger partial charge in [-0.15, -0.1) is 5.10 Å². The van der Waals surface area contributed by atoms with E-state index in [1.807, 2.05) is 31.2 Å². The van der Waals surface area contributed by atoms with Crippen LogP contribution in [-0.2, 0) is 11.3 Å². The highest BCUT2D eigenvalue weighted by Crippen LogP contribution is 2.29. The Morgan fingerprint density at radius 1 is 1.11 bits per heavy atom. The minimum atomic E-state index is -0.419. The number of rotatable bonds is 7. The van der Waals surface area contributed by atoms with Gasteiger partial charge in [0.05, 0.1) is 32.2 Å². The molecule has 1 aromatic heterocycles. The lowest BCUT2D eigenvalue weighted by Gasteiger charge is -2.12. The van der Waals surface area contributed by atoms with Gasteiger partial charge in [-0.2, -0.15) is 0 Å². The first-order valence-electron chi connectivity index (χ1n) is 8.61. The summed E-state index contributed by atoms with van der Waals surface area (Å²) in [5, 5.41) is 11.1. The number of aromatic nitrogens is 3. The van der Waals surface area contributed by atoms with Gasteiger partial charge < -0.3 is 19.5 Å². The highest BCUT2D eigenvalue weighted by atomic mass is 16.5. The van der Waals surface area contributed by atoms with Crippen molar-refractivity contribution in [3.63, 3.8) is 0 Å². The third-order valence-corrected chi connectivity index (χ3v) is 4.16. The molecule has 0 fully saturated rings. The number of ether oxygens (including phenoxy) is 3. The van der Waals surface area contributed by atoms with Crippen molar-refractivity contribution in [2.45, 2.75) is 13.5 Å². The van der Waals surface area contributed by atoms with Crippen LogP contribution in [0.3, 0.4) is 0 Å². The van der Waals surface area contributed by atoms with E-state index in [2.05, 4.69) is 15.6 Å². The number of aryl methyl sites for hydroxylation is 1. The minimum absolute atomic E-state index is 0.174. The molecule has 28 heavy (non-hydrogen) atoms. The van der Waals surface area contributed by atoms with Crippen molar-refractivity contribution < 1.29 is 19.0 Å². The molecule has 3 rings (SSSR count). The molecule has 1 heterocycles. The minimum Gasteiger partial charge on any atom is -0.497 e. The second kappa shape index (κ2) is 8.53. The van der Waals surface area contributed by atoms with Crippen LogP contribution in [0.15, 0.2) is 42.5 Å². The van der Waals surface area contributed by atoms with Crippen LogP contribution in [0.2, 0.25) is 0 Å². The van der Waals surface area contributed by atoms with Crippen LogP contribution >= 0.6 is 0 Å². The number of carbonyl (C=O) groups is 1. The number of carbonyl (C=O) groups excluding carboxylic acids is 1. The van der Waals surface area contributed by atoms with Crippen molar-refractivity contribution in [1.82, 2.24) is 15.0 Å². The molecule has 0 aliphatic carbocycles. The summed E-state index contributed by atoms with van der Waals surface area (Å²) in [4.78, 5) is 12.9. The zero-order valence-corrected chi connectivity index (χ0v) is 16.2. The van der Waals surface area contributed by atoms with Crippen molar-refractivity contribution >= 4 is 11.6 Å². The Hall–Kier alpha value is -3.39. The molecular formula is C20H22N4O4. The topological polar surface area (TPSA) is 87.5 Å². The molecule has 0 bridgehead atoms. The summed E-state index contributed by atoms with van der Waals surface area (Å²) in [5.41, 5.74) is 3.07. The fourth-order valence-corrected chi connectivity index (χ4v) is 2.80. The van der Waals surface area contributed by atoms with Gasteiger partial charge in [0.15, 0.2) is 5.69 Å². The Kier molecular flexibility index (Phi) is 5.90. The molecule has 146 valence electrons. The molecular weight excluding hydrogens is 360 g/mol. The standard InChI is InChI=1S/C20H22N4O4/c1-13-6-5-7-14(10-13)24-17(12-26-2)19(22-23-24)20(25)21-16-11-15(27-3)8-9-18(16)28-4/h5-11H,12H2,1-4H3,(H,21,25). The van der Waals surface area contributed by atoms with E-state index in [0.717, 1.165) is 11.3 Å². The van der Waals surface area contributed by atoms with E-state index in [0.29, 0.717) is 22.9 Å². The van der Waals surface area contributed by atoms with Gasteiger partial charge in [-0.3, -0.25) is 4.79 Å². The molecule has 0 aliphatic heterocycles. The molecule has 0 spiro atoms. The highest BCUT2D eigenvalue weighted by molar-refractivity contribution is 6.04. The summed E-state index contributed by atoms with van der Waals surface area (Å²) in [6, 6.07) is 12.9. The molecule has 8 nitrogen and oxygen atoms in total. The number of hydrogen-bond acceptors (Lipinski definition) is 6. The molecule has 0 aliphatic rings. The van der Waals surface area contributed by atoms with Crippen LogP contribution in [0.5, 0.6) is 11.5 Å². The predicted molar refractivity (Wildman–Crippen MR) is 104 cm³/mol. The Labute approximate surface area is 163 Å². The second-order valence-corrected chi connectivity index (χ2v) is 6.09. The number of nitrogens with one attached hydrogen (secondary N) is 1. The van der Waals surface area contributed by atoms with Gasteiger partial charge in [-0.1, -0.05) is 17.3 Å². The summed E-state index contributed by atoms with van der Waals surface area (Å²) in [7, 11) is 4.64. The first-order chi connectivity index (χ1) is 13.6. The summed E-state index contributed by atoms with van der Waals surface area (Å²) >= 11 is 0.